The van der Waals surface area contributed by atoms with Crippen molar-refractivity contribution in [3.8, 4) is 5.75 Å². The fraction of sp³-hybridized carbons (Fsp3) is 0.414. The fourth-order valence-electron chi connectivity index (χ4n) is 5.51. The Labute approximate surface area is 248 Å². The number of hydrogen-bond acceptors (Lipinski definition) is 9. The second-order valence-corrected chi connectivity index (χ2v) is 11.0. The predicted molar refractivity (Wildman–Crippen MR) is 151 cm³/mol. The Morgan fingerprint density at radius 3 is 2.52 bits per heavy atom. The van der Waals surface area contributed by atoms with Gasteiger partial charge >= 0.3 is 12.1 Å². The first-order valence-electron chi connectivity index (χ1n) is 14.0. The maximum Gasteiger partial charge on any atom is 0.414 e. The summed E-state index contributed by atoms with van der Waals surface area (Å²) in [6, 6.07) is 4.97. The lowest BCUT2D eigenvalue weighted by Crippen LogP contribution is -2.33. The molecule has 2 saturated heterocycles. The molecule has 13 nitrogen and oxygen atoms in total. The van der Waals surface area contributed by atoms with E-state index in [-0.39, 0.29) is 66.4 Å². The summed E-state index contributed by atoms with van der Waals surface area (Å²) in [6.45, 7) is 1.82. The summed E-state index contributed by atoms with van der Waals surface area (Å²) in [5.74, 6) is -3.41. The van der Waals surface area contributed by atoms with Crippen LogP contribution in [0.5, 0.6) is 5.75 Å². The van der Waals surface area contributed by atoms with Gasteiger partial charge in [0, 0.05) is 38.9 Å². The zero-order valence-corrected chi connectivity index (χ0v) is 23.8. The Bertz CT molecular complexity index is 1730. The largest absolute Gasteiger partial charge is 0.483 e. The second-order valence-electron chi connectivity index (χ2n) is 11.0. The van der Waals surface area contributed by atoms with Gasteiger partial charge in [0.1, 0.15) is 29.5 Å². The number of carbonyl (C=O) groups is 3. The van der Waals surface area contributed by atoms with Crippen LogP contribution in [0.25, 0.3) is 11.0 Å². The highest BCUT2D eigenvalue weighted by molar-refractivity contribution is 5.92. The zero-order chi connectivity index (χ0) is 31.3. The minimum absolute atomic E-state index is 0.0418. The first-order chi connectivity index (χ1) is 21.0. The molecule has 2 N–H and O–H groups in total. The lowest BCUT2D eigenvalue weighted by molar-refractivity contribution is -0.119. The van der Waals surface area contributed by atoms with Crippen molar-refractivity contribution in [1.82, 2.24) is 14.9 Å². The molecular weight excluding hydrogens is 584 g/mol. The van der Waals surface area contributed by atoms with E-state index < -0.39 is 53.0 Å². The van der Waals surface area contributed by atoms with Crippen LogP contribution in [-0.2, 0) is 14.3 Å². The van der Waals surface area contributed by atoms with Gasteiger partial charge in [-0.3, -0.25) is 14.5 Å². The van der Waals surface area contributed by atoms with Crippen molar-refractivity contribution in [2.75, 3.05) is 43.1 Å². The smallest absolute Gasteiger partial charge is 0.414 e. The van der Waals surface area contributed by atoms with E-state index in [1.54, 1.807) is 9.47 Å². The number of carboxylic acids is 1. The molecule has 0 radical (unpaired) electrons. The summed E-state index contributed by atoms with van der Waals surface area (Å²) in [4.78, 5) is 55.2. The predicted octanol–water partition coefficient (Wildman–Crippen LogP) is 2.45. The van der Waals surface area contributed by atoms with Gasteiger partial charge in [0.15, 0.2) is 23.2 Å². The number of nitrogens with zero attached hydrogens (tertiary/aromatic N) is 4. The van der Waals surface area contributed by atoms with Crippen LogP contribution in [0, 0.1) is 11.6 Å². The molecular formula is C29H29F2N5O8. The number of hydrogen-bond donors (Lipinski definition) is 2. The number of aromatic nitrogens is 2. The Morgan fingerprint density at radius 1 is 1.11 bits per heavy atom. The number of pyridine rings is 2. The molecule has 0 spiro atoms. The molecule has 0 bridgehead atoms. The molecule has 3 aromatic rings. The van der Waals surface area contributed by atoms with Crippen molar-refractivity contribution >= 4 is 40.5 Å². The van der Waals surface area contributed by atoms with Gasteiger partial charge in [-0.05, 0) is 31.0 Å². The minimum Gasteiger partial charge on any atom is -0.483 e. The number of fused-ring (bicyclic) bond motifs is 1. The topological polar surface area (TPSA) is 153 Å². The number of methoxy groups -OCH3 is 1. The quantitative estimate of drug-likeness (QED) is 0.368. The Balaban J connectivity index is 1.22. The average Bonchev–Trinajstić information content (AvgIpc) is 3.64. The van der Waals surface area contributed by atoms with Crippen LogP contribution >= 0.6 is 0 Å². The van der Waals surface area contributed by atoms with E-state index in [0.29, 0.717) is 0 Å². The molecule has 3 aliphatic rings. The highest BCUT2D eigenvalue weighted by Gasteiger charge is 2.38. The van der Waals surface area contributed by atoms with Crippen molar-refractivity contribution in [3.63, 3.8) is 0 Å². The van der Waals surface area contributed by atoms with Crippen LogP contribution in [0.3, 0.4) is 0 Å². The molecule has 1 saturated carbocycles. The van der Waals surface area contributed by atoms with E-state index in [1.165, 1.54) is 37.3 Å². The highest BCUT2D eigenvalue weighted by Crippen LogP contribution is 2.38. The average molecular weight is 614 g/mol. The van der Waals surface area contributed by atoms with E-state index in [4.69, 9.17) is 14.2 Å². The van der Waals surface area contributed by atoms with Crippen molar-refractivity contribution in [1.29, 1.82) is 0 Å². The third-order valence-electron chi connectivity index (χ3n) is 7.89. The van der Waals surface area contributed by atoms with Crippen molar-refractivity contribution in [2.24, 2.45) is 0 Å². The number of amides is 2. The van der Waals surface area contributed by atoms with E-state index in [9.17, 15) is 24.3 Å². The molecule has 0 unspecified atom stereocenters. The number of nitrogens with one attached hydrogen (secondary N) is 1. The van der Waals surface area contributed by atoms with Crippen LogP contribution < -0.4 is 25.3 Å². The Morgan fingerprint density at radius 2 is 1.86 bits per heavy atom. The zero-order valence-electron chi connectivity index (χ0n) is 23.8. The molecule has 2 amide bonds. The number of cyclic esters (lactones) is 1. The molecule has 2 aromatic heterocycles. The van der Waals surface area contributed by atoms with E-state index >= 15 is 8.78 Å². The molecule has 4 heterocycles. The van der Waals surface area contributed by atoms with E-state index in [1.807, 2.05) is 0 Å². The van der Waals surface area contributed by atoms with Gasteiger partial charge in [-0.1, -0.05) is 0 Å². The van der Waals surface area contributed by atoms with Crippen LogP contribution in [0.2, 0.25) is 0 Å². The fourth-order valence-corrected chi connectivity index (χ4v) is 5.51. The summed E-state index contributed by atoms with van der Waals surface area (Å²) in [5.41, 5.74) is -0.841. The SMILES string of the molecule is CO[C@H]1CN(c2nc3c(cc2F)c(=O)c(C(=O)O)cn3C2CC2)C[C@@H]1Oc1ccc(N2C[C@H](CNC(C)=O)OC2=O)cc1F. The maximum atomic E-state index is 15.4. The number of carboxylic acid groups (broad SMARTS) is 1. The summed E-state index contributed by atoms with van der Waals surface area (Å²) in [6.07, 6.45) is 0.209. The highest BCUT2D eigenvalue weighted by atomic mass is 19.1. The third kappa shape index (κ3) is 5.50. The number of anilines is 2. The normalized spacial score (nSPS) is 21.5. The number of benzene rings is 1. The monoisotopic (exact) mass is 613 g/mol. The molecule has 15 heteroatoms. The van der Waals surface area contributed by atoms with Gasteiger partial charge in [-0.15, -0.1) is 0 Å². The van der Waals surface area contributed by atoms with Gasteiger partial charge in [0.2, 0.25) is 11.3 Å². The van der Waals surface area contributed by atoms with Gasteiger partial charge in [-0.2, -0.15) is 0 Å². The minimum atomic E-state index is -1.40. The molecule has 3 atom stereocenters. The number of halogens is 2. The van der Waals surface area contributed by atoms with Gasteiger partial charge in [-0.25, -0.2) is 23.4 Å². The van der Waals surface area contributed by atoms with Crippen LogP contribution in [0.15, 0.2) is 35.3 Å². The number of ether oxygens (including phenoxy) is 3. The Hall–Kier alpha value is -4.79. The summed E-state index contributed by atoms with van der Waals surface area (Å²) < 4.78 is 49.0. The second kappa shape index (κ2) is 11.4. The number of carbonyl (C=O) groups excluding carboxylic acids is 2. The van der Waals surface area contributed by atoms with E-state index in [2.05, 4.69) is 10.3 Å². The van der Waals surface area contributed by atoms with Crippen molar-refractivity contribution < 1.29 is 42.5 Å². The lowest BCUT2D eigenvalue weighted by atomic mass is 10.2. The molecule has 6 rings (SSSR count). The molecule has 1 aliphatic carbocycles. The summed E-state index contributed by atoms with van der Waals surface area (Å²) in [7, 11) is 1.45. The van der Waals surface area contributed by atoms with Crippen LogP contribution in [0.4, 0.5) is 25.1 Å². The maximum absolute atomic E-state index is 15.4. The molecule has 1 aromatic carbocycles. The molecule has 44 heavy (non-hydrogen) atoms. The molecule has 232 valence electrons. The van der Waals surface area contributed by atoms with Crippen LogP contribution in [0.1, 0.15) is 36.2 Å². The first-order valence-corrected chi connectivity index (χ1v) is 14.0. The Kier molecular flexibility index (Phi) is 7.57. The van der Waals surface area contributed by atoms with Crippen molar-refractivity contribution in [2.45, 2.75) is 44.1 Å². The molecule has 2 aliphatic heterocycles. The summed E-state index contributed by atoms with van der Waals surface area (Å²) >= 11 is 0. The number of rotatable bonds is 9. The standard InChI is InChI=1S/C29H29F2N5O8/c1-14(37)32-9-17-10-36(29(41)43-17)16-5-6-22(20(30)7-16)44-24-13-34(12-23(24)42-2)27-21(31)8-18-25(38)19(28(39)40)11-35(15-3-4-15)26(18)33-27/h5-8,11,15,17,23-24H,3-4,9-10,12-13H2,1-2H3,(H,32,37)(H,39,40)/t17-,23-,24-/m0/s1. The van der Waals surface area contributed by atoms with Gasteiger partial charge in [0.25, 0.3) is 0 Å². The van der Waals surface area contributed by atoms with Gasteiger partial charge < -0.3 is 34.1 Å². The number of aromatic carboxylic acids is 1. The van der Waals surface area contributed by atoms with Gasteiger partial charge in [0.05, 0.1) is 30.7 Å². The molecule has 3 fully saturated rings. The third-order valence-corrected chi connectivity index (χ3v) is 7.89. The van der Waals surface area contributed by atoms with Crippen LogP contribution in [-0.4, -0.2) is 84.2 Å². The van der Waals surface area contributed by atoms with Crippen molar-refractivity contribution in [3.05, 3.63) is 57.9 Å². The lowest BCUT2D eigenvalue weighted by Gasteiger charge is -2.21. The summed E-state index contributed by atoms with van der Waals surface area (Å²) in [5, 5.41) is 11.9. The first kappa shape index (κ1) is 29.3. The van der Waals surface area contributed by atoms with E-state index in [0.717, 1.165) is 25.0 Å².